The van der Waals surface area contributed by atoms with Crippen LogP contribution in [0.4, 0.5) is 0 Å². The van der Waals surface area contributed by atoms with Gasteiger partial charge in [-0.25, -0.2) is 0 Å². The molecule has 1 atom stereocenters. The Balaban J connectivity index is 2.67. The van der Waals surface area contributed by atoms with E-state index in [0.717, 1.165) is 10.0 Å². The number of hydrogen-bond donors (Lipinski definition) is 2. The van der Waals surface area contributed by atoms with Gasteiger partial charge in [0.25, 0.3) is 0 Å². The minimum absolute atomic E-state index is 0.499. The van der Waals surface area contributed by atoms with E-state index in [0.29, 0.717) is 6.42 Å². The van der Waals surface area contributed by atoms with Gasteiger partial charge < -0.3 is 10.4 Å². The molecule has 0 fully saturated rings. The van der Waals surface area contributed by atoms with E-state index in [1.165, 1.54) is 0 Å². The maximum absolute atomic E-state index is 10.7. The van der Waals surface area contributed by atoms with Crippen molar-refractivity contribution in [3.8, 4) is 0 Å². The van der Waals surface area contributed by atoms with Crippen LogP contribution in [0.3, 0.4) is 0 Å². The zero-order valence-electron chi connectivity index (χ0n) is 7.83. The molecule has 0 radical (unpaired) electrons. The largest absolute Gasteiger partial charge is 0.480 e. The Hall–Kier alpha value is -0.870. The highest BCUT2D eigenvalue weighted by atomic mass is 79.9. The average molecular weight is 258 g/mol. The monoisotopic (exact) mass is 257 g/mol. The molecule has 1 aromatic carbocycles. The summed E-state index contributed by atoms with van der Waals surface area (Å²) in [6.07, 6.45) is 0.499. The quantitative estimate of drug-likeness (QED) is 0.863. The van der Waals surface area contributed by atoms with Gasteiger partial charge in [-0.3, -0.25) is 4.79 Å². The minimum Gasteiger partial charge on any atom is -0.480 e. The number of halogens is 1. The van der Waals surface area contributed by atoms with Gasteiger partial charge in [0, 0.05) is 4.47 Å². The van der Waals surface area contributed by atoms with Crippen LogP contribution in [0.5, 0.6) is 0 Å². The third-order valence-electron chi connectivity index (χ3n) is 2.00. The van der Waals surface area contributed by atoms with Gasteiger partial charge in [0.2, 0.25) is 0 Å². The summed E-state index contributed by atoms with van der Waals surface area (Å²) in [7, 11) is 1.65. The average Bonchev–Trinajstić information content (AvgIpc) is 2.16. The number of hydrogen-bond acceptors (Lipinski definition) is 2. The Morgan fingerprint density at radius 2 is 2.07 bits per heavy atom. The van der Waals surface area contributed by atoms with Crippen molar-refractivity contribution in [1.29, 1.82) is 0 Å². The molecule has 0 amide bonds. The molecule has 0 aromatic heterocycles. The van der Waals surface area contributed by atoms with Gasteiger partial charge in [-0.15, -0.1) is 0 Å². The van der Waals surface area contributed by atoms with E-state index in [-0.39, 0.29) is 0 Å². The predicted octanol–water partition coefficient (Wildman–Crippen LogP) is 1.66. The van der Waals surface area contributed by atoms with Crippen LogP contribution in [0.25, 0.3) is 0 Å². The lowest BCUT2D eigenvalue weighted by Gasteiger charge is -2.10. The van der Waals surface area contributed by atoms with Gasteiger partial charge in [-0.1, -0.05) is 28.1 Å². The van der Waals surface area contributed by atoms with Gasteiger partial charge in [0.15, 0.2) is 0 Å². The molecule has 2 N–H and O–H groups in total. The molecule has 0 saturated carbocycles. The molecule has 0 aliphatic carbocycles. The fourth-order valence-electron chi connectivity index (χ4n) is 1.17. The molecule has 0 aliphatic rings. The Bertz CT molecular complexity index is 310. The molecule has 0 bridgehead atoms. The fraction of sp³-hybridized carbons (Fsp3) is 0.300. The first-order valence-electron chi connectivity index (χ1n) is 4.28. The first-order valence-corrected chi connectivity index (χ1v) is 5.07. The van der Waals surface area contributed by atoms with E-state index < -0.39 is 12.0 Å². The molecule has 1 rings (SSSR count). The van der Waals surface area contributed by atoms with Crippen LogP contribution in [0.2, 0.25) is 0 Å². The molecule has 0 spiro atoms. The molecule has 0 aliphatic heterocycles. The van der Waals surface area contributed by atoms with Crippen LogP contribution in [0.15, 0.2) is 28.7 Å². The number of likely N-dealkylation sites (N-methyl/N-ethyl adjacent to an activating group) is 1. The molecule has 3 nitrogen and oxygen atoms in total. The summed E-state index contributed by atoms with van der Waals surface area (Å²) >= 11 is 3.33. The second-order valence-corrected chi connectivity index (χ2v) is 3.93. The van der Waals surface area contributed by atoms with Crippen LogP contribution in [-0.4, -0.2) is 24.2 Å². The summed E-state index contributed by atoms with van der Waals surface area (Å²) in [6.45, 7) is 0. The van der Waals surface area contributed by atoms with Crippen LogP contribution < -0.4 is 5.32 Å². The maximum Gasteiger partial charge on any atom is 0.321 e. The van der Waals surface area contributed by atoms with E-state index in [9.17, 15) is 4.79 Å². The molecule has 1 aromatic rings. The molecular formula is C10H12BrNO2. The second-order valence-electron chi connectivity index (χ2n) is 3.01. The minimum atomic E-state index is -0.824. The van der Waals surface area contributed by atoms with Gasteiger partial charge >= 0.3 is 5.97 Å². The molecule has 76 valence electrons. The van der Waals surface area contributed by atoms with Crippen molar-refractivity contribution in [3.05, 3.63) is 34.3 Å². The summed E-state index contributed by atoms with van der Waals surface area (Å²) in [4.78, 5) is 10.7. The van der Waals surface area contributed by atoms with Crippen molar-refractivity contribution in [3.63, 3.8) is 0 Å². The van der Waals surface area contributed by atoms with E-state index in [1.54, 1.807) is 7.05 Å². The van der Waals surface area contributed by atoms with E-state index >= 15 is 0 Å². The number of aliphatic carboxylic acids is 1. The maximum atomic E-state index is 10.7. The van der Waals surface area contributed by atoms with Gasteiger partial charge in [-0.05, 0) is 31.2 Å². The number of benzene rings is 1. The van der Waals surface area contributed by atoms with Crippen molar-refractivity contribution >= 4 is 21.9 Å². The highest BCUT2D eigenvalue weighted by Crippen LogP contribution is 2.11. The van der Waals surface area contributed by atoms with Crippen molar-refractivity contribution < 1.29 is 9.90 Å². The van der Waals surface area contributed by atoms with Crippen LogP contribution >= 0.6 is 15.9 Å². The van der Waals surface area contributed by atoms with Crippen LogP contribution in [0, 0.1) is 0 Å². The Morgan fingerprint density at radius 1 is 1.50 bits per heavy atom. The topological polar surface area (TPSA) is 49.3 Å². The number of rotatable bonds is 4. The van der Waals surface area contributed by atoms with Gasteiger partial charge in [0.1, 0.15) is 6.04 Å². The molecule has 0 heterocycles. The third kappa shape index (κ3) is 3.12. The van der Waals surface area contributed by atoms with Crippen molar-refractivity contribution in [2.24, 2.45) is 0 Å². The van der Waals surface area contributed by atoms with Crippen molar-refractivity contribution in [1.82, 2.24) is 5.32 Å². The predicted molar refractivity (Wildman–Crippen MR) is 58.3 cm³/mol. The molecule has 0 unspecified atom stereocenters. The normalized spacial score (nSPS) is 12.4. The van der Waals surface area contributed by atoms with Crippen molar-refractivity contribution in [2.45, 2.75) is 12.5 Å². The lowest BCUT2D eigenvalue weighted by molar-refractivity contribution is -0.139. The number of nitrogens with one attached hydrogen (secondary N) is 1. The Labute approximate surface area is 91.3 Å². The van der Waals surface area contributed by atoms with Crippen molar-refractivity contribution in [2.75, 3.05) is 7.05 Å². The molecular weight excluding hydrogens is 246 g/mol. The van der Waals surface area contributed by atoms with E-state index in [1.807, 2.05) is 24.3 Å². The van der Waals surface area contributed by atoms with E-state index in [2.05, 4.69) is 21.2 Å². The van der Waals surface area contributed by atoms with Crippen LogP contribution in [-0.2, 0) is 11.2 Å². The molecule has 4 heteroatoms. The highest BCUT2D eigenvalue weighted by Gasteiger charge is 2.14. The fourth-order valence-corrected chi connectivity index (χ4v) is 1.43. The summed E-state index contributed by atoms with van der Waals surface area (Å²) in [5.74, 6) is -0.824. The lowest BCUT2D eigenvalue weighted by atomic mass is 10.1. The first kappa shape index (κ1) is 11.2. The SMILES string of the molecule is CN[C@@H](Cc1ccc(Br)cc1)C(=O)O. The highest BCUT2D eigenvalue weighted by molar-refractivity contribution is 9.10. The summed E-state index contributed by atoms with van der Waals surface area (Å²) < 4.78 is 0.998. The Morgan fingerprint density at radius 3 is 2.50 bits per heavy atom. The van der Waals surface area contributed by atoms with Crippen LogP contribution in [0.1, 0.15) is 5.56 Å². The standard InChI is InChI=1S/C10H12BrNO2/c1-12-9(10(13)14)6-7-2-4-8(11)5-3-7/h2-5,9,12H,6H2,1H3,(H,13,14)/t9-/m0/s1. The number of carboxylic acid groups (broad SMARTS) is 1. The Kier molecular flexibility index (Phi) is 4.10. The summed E-state index contributed by atoms with van der Waals surface area (Å²) in [5, 5.41) is 11.6. The molecule has 14 heavy (non-hydrogen) atoms. The summed E-state index contributed by atoms with van der Waals surface area (Å²) in [6, 6.07) is 7.12. The van der Waals surface area contributed by atoms with Gasteiger partial charge in [0.05, 0.1) is 0 Å². The lowest BCUT2D eigenvalue weighted by Crippen LogP contribution is -2.35. The first-order chi connectivity index (χ1) is 6.63. The van der Waals surface area contributed by atoms with Gasteiger partial charge in [-0.2, -0.15) is 0 Å². The third-order valence-corrected chi connectivity index (χ3v) is 2.53. The number of carbonyl (C=O) groups is 1. The van der Waals surface area contributed by atoms with E-state index in [4.69, 9.17) is 5.11 Å². The molecule has 0 saturated heterocycles. The zero-order chi connectivity index (χ0) is 10.6. The summed E-state index contributed by atoms with van der Waals surface area (Å²) in [5.41, 5.74) is 1.01. The number of carboxylic acids is 1. The second kappa shape index (κ2) is 5.12. The smallest absolute Gasteiger partial charge is 0.321 e. The zero-order valence-corrected chi connectivity index (χ0v) is 9.41.